The lowest BCUT2D eigenvalue weighted by Gasteiger charge is -2.04. The first-order valence-electron chi connectivity index (χ1n) is 5.01. The van der Waals surface area contributed by atoms with Gasteiger partial charge in [-0.3, -0.25) is 0 Å². The fraction of sp³-hybridized carbons (Fsp3) is 0.167. The van der Waals surface area contributed by atoms with Crippen molar-refractivity contribution in [2.24, 2.45) is 0 Å². The Kier molecular flexibility index (Phi) is 4.58. The molecular weight excluding hydrogens is 220 g/mol. The van der Waals surface area contributed by atoms with E-state index >= 15 is 0 Å². The van der Waals surface area contributed by atoms with Crippen LogP contribution < -0.4 is 5.32 Å². The number of benzene rings is 1. The highest BCUT2D eigenvalue weighted by atomic mass is 16.5. The molecule has 0 aliphatic heterocycles. The van der Waals surface area contributed by atoms with E-state index in [4.69, 9.17) is 5.26 Å². The Bertz CT molecular complexity index is 475. The molecule has 0 atom stereocenters. The zero-order valence-electron chi connectivity index (χ0n) is 9.30. The minimum Gasteiger partial charge on any atom is -0.506 e. The Morgan fingerprint density at radius 3 is 2.88 bits per heavy atom. The van der Waals surface area contributed by atoms with E-state index in [-0.39, 0.29) is 17.9 Å². The molecule has 2 N–H and O–H groups in total. The number of rotatable bonds is 4. The van der Waals surface area contributed by atoms with Crippen LogP contribution in [0.3, 0.4) is 0 Å². The first kappa shape index (κ1) is 12.6. The molecule has 17 heavy (non-hydrogen) atoms. The third kappa shape index (κ3) is 3.54. The number of aromatic hydroxyl groups is 1. The predicted octanol–water partition coefficient (Wildman–Crippen LogP) is 1.77. The second-order valence-electron chi connectivity index (χ2n) is 3.05. The van der Waals surface area contributed by atoms with Crippen molar-refractivity contribution in [2.75, 3.05) is 11.9 Å². The molecule has 0 fully saturated rings. The van der Waals surface area contributed by atoms with Gasteiger partial charge in [0.15, 0.2) is 5.57 Å². The molecule has 1 aromatic carbocycles. The predicted molar refractivity (Wildman–Crippen MR) is 62.1 cm³/mol. The number of nitriles is 1. The van der Waals surface area contributed by atoms with Crippen molar-refractivity contribution in [1.29, 1.82) is 5.26 Å². The normalized spacial score (nSPS) is 10.5. The Labute approximate surface area is 98.9 Å². The van der Waals surface area contributed by atoms with Crippen LogP contribution in [0.2, 0.25) is 0 Å². The average molecular weight is 232 g/mol. The number of nitrogens with zero attached hydrogens (tertiary/aromatic N) is 1. The monoisotopic (exact) mass is 232 g/mol. The van der Waals surface area contributed by atoms with Crippen LogP contribution in [-0.2, 0) is 9.53 Å². The van der Waals surface area contributed by atoms with Gasteiger partial charge in [0.25, 0.3) is 0 Å². The molecule has 0 heterocycles. The second-order valence-corrected chi connectivity index (χ2v) is 3.05. The second kappa shape index (κ2) is 6.18. The van der Waals surface area contributed by atoms with Crippen molar-refractivity contribution >= 4 is 11.7 Å². The van der Waals surface area contributed by atoms with E-state index in [0.29, 0.717) is 5.69 Å². The minimum atomic E-state index is -0.696. The van der Waals surface area contributed by atoms with Crippen LogP contribution in [-0.4, -0.2) is 17.7 Å². The lowest BCUT2D eigenvalue weighted by molar-refractivity contribution is -0.138. The highest BCUT2D eigenvalue weighted by molar-refractivity contribution is 5.93. The summed E-state index contributed by atoms with van der Waals surface area (Å²) in [6.45, 7) is 1.86. The summed E-state index contributed by atoms with van der Waals surface area (Å²) in [5, 5.41) is 20.9. The number of phenolic OH excluding ortho intramolecular Hbond substituents is 1. The molecule has 0 saturated heterocycles. The summed E-state index contributed by atoms with van der Waals surface area (Å²) in [6, 6.07) is 8.21. The van der Waals surface area contributed by atoms with E-state index in [1.54, 1.807) is 31.2 Å². The Hall–Kier alpha value is -2.48. The molecule has 1 rings (SSSR count). The number of hydrogen-bond donors (Lipinski definition) is 2. The van der Waals surface area contributed by atoms with Gasteiger partial charge in [0.2, 0.25) is 0 Å². The highest BCUT2D eigenvalue weighted by Gasteiger charge is 2.09. The molecule has 1 aromatic rings. The number of carbonyl (C=O) groups excluding carboxylic acids is 1. The average Bonchev–Trinajstić information content (AvgIpc) is 2.32. The van der Waals surface area contributed by atoms with Crippen molar-refractivity contribution < 1.29 is 14.6 Å². The van der Waals surface area contributed by atoms with Gasteiger partial charge in [-0.05, 0) is 19.1 Å². The molecular formula is C12H12N2O3. The van der Waals surface area contributed by atoms with Crippen LogP contribution in [0.25, 0.3) is 0 Å². The number of carbonyl (C=O) groups is 1. The van der Waals surface area contributed by atoms with Crippen molar-refractivity contribution in [2.45, 2.75) is 6.92 Å². The zero-order chi connectivity index (χ0) is 12.7. The topological polar surface area (TPSA) is 82.4 Å². The molecule has 0 spiro atoms. The molecule has 0 radical (unpaired) electrons. The van der Waals surface area contributed by atoms with Crippen molar-refractivity contribution in [3.8, 4) is 11.8 Å². The molecule has 0 unspecified atom stereocenters. The smallest absolute Gasteiger partial charge is 0.350 e. The standard InChI is InChI=1S/C12H12N2O3/c1-2-17-12(16)9(7-13)8-14-10-5-3-4-6-11(10)15/h3-6,8,14-15H,2H2,1H3/b9-8+. The molecule has 0 aromatic heterocycles. The Morgan fingerprint density at radius 2 is 2.29 bits per heavy atom. The van der Waals surface area contributed by atoms with Crippen molar-refractivity contribution in [1.82, 2.24) is 0 Å². The van der Waals surface area contributed by atoms with E-state index in [1.807, 2.05) is 0 Å². The summed E-state index contributed by atoms with van der Waals surface area (Å²) in [4.78, 5) is 11.3. The fourth-order valence-electron chi connectivity index (χ4n) is 1.09. The van der Waals surface area contributed by atoms with Crippen LogP contribution in [0, 0.1) is 11.3 Å². The summed E-state index contributed by atoms with van der Waals surface area (Å²) in [6.07, 6.45) is 1.20. The zero-order valence-corrected chi connectivity index (χ0v) is 9.30. The summed E-state index contributed by atoms with van der Waals surface area (Å²) in [7, 11) is 0. The lowest BCUT2D eigenvalue weighted by atomic mass is 10.3. The molecule has 5 heteroatoms. The summed E-state index contributed by atoms with van der Waals surface area (Å²) < 4.78 is 4.68. The van der Waals surface area contributed by atoms with Gasteiger partial charge >= 0.3 is 5.97 Å². The van der Waals surface area contributed by atoms with Crippen LogP contribution in [0.15, 0.2) is 36.0 Å². The molecule has 0 saturated carbocycles. The van der Waals surface area contributed by atoms with E-state index < -0.39 is 5.97 Å². The maximum atomic E-state index is 11.3. The number of nitrogens with one attached hydrogen (secondary N) is 1. The molecule has 0 aliphatic rings. The van der Waals surface area contributed by atoms with Crippen LogP contribution in [0.5, 0.6) is 5.75 Å². The van der Waals surface area contributed by atoms with E-state index in [0.717, 1.165) is 0 Å². The van der Waals surface area contributed by atoms with E-state index in [1.165, 1.54) is 12.3 Å². The summed E-state index contributed by atoms with van der Waals surface area (Å²) in [5.74, 6) is -0.664. The van der Waals surface area contributed by atoms with Gasteiger partial charge in [0.05, 0.1) is 12.3 Å². The van der Waals surface area contributed by atoms with Crippen molar-refractivity contribution in [3.05, 3.63) is 36.0 Å². The first-order chi connectivity index (χ1) is 8.19. The van der Waals surface area contributed by atoms with Crippen LogP contribution in [0.4, 0.5) is 5.69 Å². The molecule has 5 nitrogen and oxygen atoms in total. The number of para-hydroxylation sites is 2. The largest absolute Gasteiger partial charge is 0.506 e. The van der Waals surface area contributed by atoms with Crippen LogP contribution in [0.1, 0.15) is 6.92 Å². The molecule has 0 amide bonds. The molecule has 0 aliphatic carbocycles. The molecule has 88 valence electrons. The summed E-state index contributed by atoms with van der Waals surface area (Å²) >= 11 is 0. The van der Waals surface area contributed by atoms with Gasteiger partial charge in [-0.25, -0.2) is 4.79 Å². The summed E-state index contributed by atoms with van der Waals surface area (Å²) in [5.41, 5.74) is 0.250. The first-order valence-corrected chi connectivity index (χ1v) is 5.01. The fourth-order valence-corrected chi connectivity index (χ4v) is 1.09. The third-order valence-corrected chi connectivity index (χ3v) is 1.89. The van der Waals surface area contributed by atoms with Crippen LogP contribution >= 0.6 is 0 Å². The number of esters is 1. The number of anilines is 1. The van der Waals surface area contributed by atoms with E-state index in [2.05, 4.69) is 10.1 Å². The number of ether oxygens (including phenoxy) is 1. The van der Waals surface area contributed by atoms with Gasteiger partial charge < -0.3 is 15.2 Å². The highest BCUT2D eigenvalue weighted by Crippen LogP contribution is 2.21. The van der Waals surface area contributed by atoms with Gasteiger partial charge in [-0.15, -0.1) is 0 Å². The van der Waals surface area contributed by atoms with Crippen molar-refractivity contribution in [3.63, 3.8) is 0 Å². The van der Waals surface area contributed by atoms with Gasteiger partial charge in [0, 0.05) is 6.20 Å². The van der Waals surface area contributed by atoms with Gasteiger partial charge in [-0.2, -0.15) is 5.26 Å². The number of hydrogen-bond acceptors (Lipinski definition) is 5. The quantitative estimate of drug-likeness (QED) is 0.358. The minimum absolute atomic E-state index is 0.0323. The Morgan fingerprint density at radius 1 is 1.59 bits per heavy atom. The lowest BCUT2D eigenvalue weighted by Crippen LogP contribution is -2.07. The maximum Gasteiger partial charge on any atom is 0.350 e. The Balaban J connectivity index is 2.79. The van der Waals surface area contributed by atoms with Gasteiger partial charge in [0.1, 0.15) is 11.8 Å². The molecule has 0 bridgehead atoms. The SMILES string of the molecule is CCOC(=O)/C(C#N)=C/Nc1ccccc1O. The maximum absolute atomic E-state index is 11.3. The van der Waals surface area contributed by atoms with Gasteiger partial charge in [-0.1, -0.05) is 12.1 Å². The third-order valence-electron chi connectivity index (χ3n) is 1.89. The van der Waals surface area contributed by atoms with E-state index in [9.17, 15) is 9.90 Å². The number of phenols is 1.